The number of halogens is 2. The van der Waals surface area contributed by atoms with E-state index in [4.69, 9.17) is 33.9 Å². The van der Waals surface area contributed by atoms with Crippen LogP contribution in [0.1, 0.15) is 16.8 Å². The van der Waals surface area contributed by atoms with Crippen LogP contribution in [0, 0.1) is 16.6 Å². The summed E-state index contributed by atoms with van der Waals surface area (Å²) in [6, 6.07) is 5.30. The minimum absolute atomic E-state index is 0.0857. The van der Waals surface area contributed by atoms with Gasteiger partial charge < -0.3 is 26.5 Å². The lowest BCUT2D eigenvalue weighted by Gasteiger charge is -2.49. The number of amides is 2. The van der Waals surface area contributed by atoms with E-state index >= 15 is 0 Å². The summed E-state index contributed by atoms with van der Waals surface area (Å²) in [6.07, 6.45) is 5.36. The Morgan fingerprint density at radius 1 is 1.29 bits per heavy atom. The summed E-state index contributed by atoms with van der Waals surface area (Å²) in [4.78, 5) is 43.2. The molecule has 13 nitrogen and oxygen atoms in total. The van der Waals surface area contributed by atoms with Crippen molar-refractivity contribution in [1.29, 1.82) is 10.8 Å². The number of thioether (sulfide) groups is 1. The number of carbonyl (C=O) groups excluding carboxylic acids is 2. The van der Waals surface area contributed by atoms with Gasteiger partial charge in [-0.25, -0.2) is 14.2 Å². The molecule has 1 saturated heterocycles. The van der Waals surface area contributed by atoms with E-state index in [9.17, 15) is 23.9 Å². The van der Waals surface area contributed by atoms with E-state index < -0.39 is 40.7 Å². The average molecular weight is 669 g/mol. The van der Waals surface area contributed by atoms with Gasteiger partial charge in [0.1, 0.15) is 45.7 Å². The lowest BCUT2D eigenvalue weighted by atomic mass is 10.0. The number of aromatic nitrogens is 3. The van der Waals surface area contributed by atoms with Crippen molar-refractivity contribution in [3.8, 4) is 0 Å². The van der Waals surface area contributed by atoms with Crippen molar-refractivity contribution in [2.45, 2.75) is 24.5 Å². The van der Waals surface area contributed by atoms with E-state index in [-0.39, 0.29) is 57.4 Å². The molecule has 0 unspecified atom stereocenters. The number of benzene rings is 1. The molecule has 2 aliphatic heterocycles. The lowest BCUT2D eigenvalue weighted by molar-refractivity contribution is -0.687. The van der Waals surface area contributed by atoms with Crippen LogP contribution in [0.2, 0.25) is 5.02 Å². The summed E-state index contributed by atoms with van der Waals surface area (Å²) in [6.45, 7) is 0.251. The molecule has 4 aromatic rings. The standard InChI is InChI=1S/C28H23ClFN9O4S2/c29-16-5-13(23(32)33)6-17(30)15(16)8-38-4-2-12-1-3-37(9-19(12)38)7-14-10-44-26-21(25(41)39(26)22(14)27(42)43)36-24(40)20(31)18-11-45-28(34)35-18/h1-6,9,11,21,26,31H,7-8,10H2,(H6-,32,33,34,35,36,40,42,43)/p+1/t21-,26-/m1/s1. The van der Waals surface area contributed by atoms with Gasteiger partial charge >= 0.3 is 5.97 Å². The van der Waals surface area contributed by atoms with Gasteiger partial charge in [0.15, 0.2) is 24.1 Å². The van der Waals surface area contributed by atoms with E-state index in [0.29, 0.717) is 5.57 Å². The molecule has 6 rings (SSSR count). The van der Waals surface area contributed by atoms with Crippen molar-refractivity contribution < 1.29 is 28.4 Å². The highest BCUT2D eigenvalue weighted by molar-refractivity contribution is 8.00. The zero-order valence-electron chi connectivity index (χ0n) is 23.1. The first kappa shape index (κ1) is 30.2. The van der Waals surface area contributed by atoms with Crippen molar-refractivity contribution in [3.05, 3.63) is 87.2 Å². The first-order valence-electron chi connectivity index (χ1n) is 13.2. The molecule has 0 radical (unpaired) electrons. The van der Waals surface area contributed by atoms with E-state index in [1.807, 2.05) is 12.1 Å². The van der Waals surface area contributed by atoms with E-state index in [0.717, 1.165) is 28.3 Å². The molecule has 3 aromatic heterocycles. The fourth-order valence-corrected chi connectivity index (χ4v) is 7.40. The Morgan fingerprint density at radius 3 is 2.73 bits per heavy atom. The number of nitrogens with two attached hydrogens (primary N) is 2. The van der Waals surface area contributed by atoms with Gasteiger partial charge in [-0.15, -0.1) is 23.1 Å². The van der Waals surface area contributed by atoms with Gasteiger partial charge in [-0.05, 0) is 18.2 Å². The highest BCUT2D eigenvalue weighted by atomic mass is 35.5. The molecule has 45 heavy (non-hydrogen) atoms. The number of carboxylic acids is 1. The van der Waals surface area contributed by atoms with Gasteiger partial charge in [0.25, 0.3) is 11.8 Å². The number of β-lactam (4-membered cyclic amide) rings is 1. The molecule has 0 saturated carbocycles. The van der Waals surface area contributed by atoms with Crippen LogP contribution in [-0.2, 0) is 27.5 Å². The number of rotatable bonds is 9. The molecular formula is C28H24ClFN9O4S2+. The number of nitrogens with one attached hydrogen (secondary N) is 3. The van der Waals surface area contributed by atoms with Crippen LogP contribution < -0.4 is 21.4 Å². The van der Waals surface area contributed by atoms with Crippen molar-refractivity contribution >= 4 is 80.1 Å². The number of hydrogen-bond donors (Lipinski definition) is 6. The highest BCUT2D eigenvalue weighted by Gasteiger charge is 2.54. The summed E-state index contributed by atoms with van der Waals surface area (Å²) in [5.41, 5.74) is 12.2. The number of aliphatic carboxylic acids is 1. The smallest absolute Gasteiger partial charge is 0.352 e. The maximum atomic E-state index is 14.9. The molecule has 17 heteroatoms. The van der Waals surface area contributed by atoms with Gasteiger partial charge in [0.05, 0.1) is 6.54 Å². The number of carboxylic acid groups (broad SMARTS) is 1. The maximum Gasteiger partial charge on any atom is 0.352 e. The molecule has 0 bridgehead atoms. The second kappa shape index (κ2) is 11.6. The van der Waals surface area contributed by atoms with Crippen LogP contribution in [0.5, 0.6) is 0 Å². The minimum atomic E-state index is -1.27. The number of fused-ring (bicyclic) bond motifs is 2. The summed E-state index contributed by atoms with van der Waals surface area (Å²) >= 11 is 8.72. The number of pyridine rings is 1. The van der Waals surface area contributed by atoms with Gasteiger partial charge in [0, 0.05) is 50.5 Å². The number of nitrogens with zero attached hydrogens (tertiary/aromatic N) is 4. The Morgan fingerprint density at radius 2 is 2.07 bits per heavy atom. The Labute approximate surface area is 267 Å². The highest BCUT2D eigenvalue weighted by Crippen LogP contribution is 2.40. The molecule has 2 amide bonds. The quantitative estimate of drug-likeness (QED) is 0.0670. The van der Waals surface area contributed by atoms with Crippen molar-refractivity contribution in [3.63, 3.8) is 0 Å². The minimum Gasteiger partial charge on any atom is -0.477 e. The molecule has 5 heterocycles. The Hall–Kier alpha value is -4.80. The van der Waals surface area contributed by atoms with Crippen LogP contribution in [0.15, 0.2) is 59.5 Å². The van der Waals surface area contributed by atoms with Crippen LogP contribution in [0.4, 0.5) is 9.52 Å². The molecule has 2 atom stereocenters. The Balaban J connectivity index is 1.22. The maximum absolute atomic E-state index is 14.9. The number of carbonyl (C=O) groups is 3. The first-order valence-corrected chi connectivity index (χ1v) is 15.5. The SMILES string of the molecule is N=C(N)c1cc(F)c(Cn2ccc3cc[n+](CC4=C(C(=O)O)N5C(=O)[C@@H](NC(=O)C(=N)c6csc(N)n6)[C@H]5SC4)cc32)c(Cl)c1. The fraction of sp³-hybridized carbons (Fsp3) is 0.179. The largest absolute Gasteiger partial charge is 0.477 e. The molecule has 2 aliphatic rings. The van der Waals surface area contributed by atoms with Crippen molar-refractivity contribution in [2.75, 3.05) is 11.5 Å². The van der Waals surface area contributed by atoms with Crippen LogP contribution in [0.25, 0.3) is 10.9 Å². The Kier molecular flexibility index (Phi) is 7.80. The molecule has 1 fully saturated rings. The molecule has 8 N–H and O–H groups in total. The normalized spacial score (nSPS) is 17.6. The van der Waals surface area contributed by atoms with Crippen molar-refractivity contribution in [2.24, 2.45) is 5.73 Å². The number of amidine groups is 1. The Bertz CT molecular complexity index is 1970. The topological polar surface area (TPSA) is 208 Å². The predicted molar refractivity (Wildman–Crippen MR) is 167 cm³/mol. The second-order valence-corrected chi connectivity index (χ2v) is 12.7. The van der Waals surface area contributed by atoms with Gasteiger partial charge in [-0.2, -0.15) is 4.57 Å². The third kappa shape index (κ3) is 5.51. The van der Waals surface area contributed by atoms with Crippen molar-refractivity contribution in [1.82, 2.24) is 19.8 Å². The fourth-order valence-electron chi connectivity index (χ4n) is 5.24. The van der Waals surface area contributed by atoms with E-state index in [2.05, 4.69) is 10.3 Å². The molecule has 0 spiro atoms. The van der Waals surface area contributed by atoms with E-state index in [1.54, 1.807) is 27.7 Å². The van der Waals surface area contributed by atoms with Crippen LogP contribution in [0.3, 0.4) is 0 Å². The summed E-state index contributed by atoms with van der Waals surface area (Å²) < 4.78 is 18.5. The molecule has 230 valence electrons. The molecular weight excluding hydrogens is 645 g/mol. The number of thiazole rings is 1. The summed E-state index contributed by atoms with van der Waals surface area (Å²) in [5, 5.41) is 30.3. The molecule has 1 aromatic carbocycles. The third-order valence-electron chi connectivity index (χ3n) is 7.47. The van der Waals surface area contributed by atoms with Gasteiger partial charge in [-0.3, -0.25) is 25.3 Å². The zero-order chi connectivity index (χ0) is 32.2. The average Bonchev–Trinajstić information content (AvgIpc) is 3.62. The van der Waals surface area contributed by atoms with E-state index in [1.165, 1.54) is 28.1 Å². The zero-order valence-corrected chi connectivity index (χ0v) is 25.5. The second-order valence-electron chi connectivity index (χ2n) is 10.3. The predicted octanol–water partition coefficient (Wildman–Crippen LogP) is 1.90. The third-order valence-corrected chi connectivity index (χ3v) is 9.82. The summed E-state index contributed by atoms with van der Waals surface area (Å²) in [7, 11) is 0. The monoisotopic (exact) mass is 668 g/mol. The molecule has 0 aliphatic carbocycles. The van der Waals surface area contributed by atoms with Gasteiger partial charge in [-0.1, -0.05) is 11.6 Å². The van der Waals surface area contributed by atoms with Crippen LogP contribution in [-0.4, -0.2) is 66.1 Å². The first-order chi connectivity index (χ1) is 21.4. The number of nitrogen functional groups attached to an aromatic ring is 2. The summed E-state index contributed by atoms with van der Waals surface area (Å²) in [5.74, 6) is -3.29. The lowest BCUT2D eigenvalue weighted by Crippen LogP contribution is -2.71. The number of anilines is 1. The number of hydrogen-bond acceptors (Lipinski definition) is 9. The van der Waals surface area contributed by atoms with Crippen LogP contribution >= 0.6 is 34.7 Å². The van der Waals surface area contributed by atoms with Gasteiger partial charge in [0.2, 0.25) is 0 Å².